The SMILES string of the molecule is CCOP(=O)(OCC)c1cc2ccccc2n(C)c1=O. The molecule has 0 aliphatic carbocycles. The Morgan fingerprint density at radius 3 is 2.35 bits per heavy atom. The number of fused-ring (bicyclic) bond motifs is 1. The third-order valence-electron chi connectivity index (χ3n) is 3.01. The van der Waals surface area contributed by atoms with Gasteiger partial charge >= 0.3 is 7.60 Å². The zero-order valence-electron chi connectivity index (χ0n) is 11.8. The van der Waals surface area contributed by atoms with E-state index < -0.39 is 7.60 Å². The second-order valence-electron chi connectivity index (χ2n) is 4.29. The van der Waals surface area contributed by atoms with Gasteiger partial charge in [0, 0.05) is 7.05 Å². The Balaban J connectivity index is 2.73. The fourth-order valence-electron chi connectivity index (χ4n) is 2.12. The molecule has 1 aromatic heterocycles. The van der Waals surface area contributed by atoms with E-state index in [9.17, 15) is 9.36 Å². The Bertz CT molecular complexity index is 713. The second-order valence-corrected chi connectivity index (χ2v) is 6.28. The topological polar surface area (TPSA) is 57.5 Å². The minimum Gasteiger partial charge on any atom is -0.311 e. The lowest BCUT2D eigenvalue weighted by Crippen LogP contribution is -2.34. The van der Waals surface area contributed by atoms with E-state index in [4.69, 9.17) is 9.05 Å². The Labute approximate surface area is 117 Å². The van der Waals surface area contributed by atoms with Gasteiger partial charge in [0.25, 0.3) is 5.56 Å². The summed E-state index contributed by atoms with van der Waals surface area (Å²) < 4.78 is 24.8. The molecule has 0 aliphatic heterocycles. The van der Waals surface area contributed by atoms with Gasteiger partial charge < -0.3 is 13.6 Å². The van der Waals surface area contributed by atoms with E-state index in [0.717, 1.165) is 10.9 Å². The number of para-hydroxylation sites is 1. The maximum Gasteiger partial charge on any atom is 0.366 e. The molecule has 2 rings (SSSR count). The van der Waals surface area contributed by atoms with Gasteiger partial charge in [-0.1, -0.05) is 18.2 Å². The van der Waals surface area contributed by atoms with E-state index >= 15 is 0 Å². The van der Waals surface area contributed by atoms with Gasteiger partial charge in [0.1, 0.15) is 5.30 Å². The van der Waals surface area contributed by atoms with Gasteiger partial charge in [-0.05, 0) is 31.4 Å². The van der Waals surface area contributed by atoms with Gasteiger partial charge in [-0.25, -0.2) is 0 Å². The summed E-state index contributed by atoms with van der Waals surface area (Å²) in [6.07, 6.45) is 0. The van der Waals surface area contributed by atoms with Gasteiger partial charge in [-0.15, -0.1) is 0 Å². The van der Waals surface area contributed by atoms with Crippen molar-refractivity contribution in [1.29, 1.82) is 0 Å². The highest BCUT2D eigenvalue weighted by molar-refractivity contribution is 7.62. The van der Waals surface area contributed by atoms with Crippen molar-refractivity contribution < 1.29 is 13.6 Å². The molecular formula is C14H18NO4P. The summed E-state index contributed by atoms with van der Waals surface area (Å²) in [4.78, 5) is 12.4. The molecule has 2 aromatic rings. The van der Waals surface area contributed by atoms with Crippen LogP contribution in [0.3, 0.4) is 0 Å². The summed E-state index contributed by atoms with van der Waals surface area (Å²) in [6.45, 7) is 3.87. The number of aromatic nitrogens is 1. The average Bonchev–Trinajstić information content (AvgIpc) is 2.43. The Kier molecular flexibility index (Phi) is 4.43. The maximum absolute atomic E-state index is 12.8. The van der Waals surface area contributed by atoms with Crippen molar-refractivity contribution in [2.24, 2.45) is 7.05 Å². The number of aryl methyl sites for hydroxylation is 1. The lowest BCUT2D eigenvalue weighted by molar-refractivity contribution is 0.229. The lowest BCUT2D eigenvalue weighted by Gasteiger charge is -2.18. The van der Waals surface area contributed by atoms with Crippen molar-refractivity contribution >= 4 is 23.8 Å². The molecule has 0 radical (unpaired) electrons. The van der Waals surface area contributed by atoms with Gasteiger partial charge in [0.2, 0.25) is 0 Å². The normalized spacial score (nSPS) is 11.9. The highest BCUT2D eigenvalue weighted by Crippen LogP contribution is 2.46. The molecule has 0 bridgehead atoms. The molecule has 0 fully saturated rings. The van der Waals surface area contributed by atoms with Crippen LogP contribution in [0.25, 0.3) is 10.9 Å². The Hall–Kier alpha value is -1.42. The maximum atomic E-state index is 12.8. The van der Waals surface area contributed by atoms with Gasteiger partial charge in [0.15, 0.2) is 0 Å². The molecule has 0 atom stereocenters. The number of rotatable bonds is 5. The summed E-state index contributed by atoms with van der Waals surface area (Å²) in [5, 5.41) is 0.909. The van der Waals surface area contributed by atoms with Crippen LogP contribution in [0.15, 0.2) is 35.1 Å². The molecule has 0 N–H and O–H groups in total. The third kappa shape index (κ3) is 2.57. The number of hydrogen-bond donors (Lipinski definition) is 0. The molecule has 0 saturated heterocycles. The van der Waals surface area contributed by atoms with E-state index in [2.05, 4.69) is 0 Å². The van der Waals surface area contributed by atoms with Crippen LogP contribution in [0.2, 0.25) is 0 Å². The minimum atomic E-state index is -3.57. The molecule has 0 saturated carbocycles. The number of benzene rings is 1. The largest absolute Gasteiger partial charge is 0.366 e. The number of hydrogen-bond acceptors (Lipinski definition) is 4. The first kappa shape index (κ1) is 15.0. The van der Waals surface area contributed by atoms with Crippen LogP contribution in [-0.2, 0) is 20.7 Å². The van der Waals surface area contributed by atoms with Crippen LogP contribution < -0.4 is 10.9 Å². The Morgan fingerprint density at radius 1 is 1.15 bits per heavy atom. The van der Waals surface area contributed by atoms with E-state index in [1.54, 1.807) is 27.0 Å². The van der Waals surface area contributed by atoms with Crippen molar-refractivity contribution in [2.45, 2.75) is 13.8 Å². The Morgan fingerprint density at radius 2 is 1.75 bits per heavy atom. The lowest BCUT2D eigenvalue weighted by atomic mass is 10.2. The van der Waals surface area contributed by atoms with Crippen molar-refractivity contribution in [3.63, 3.8) is 0 Å². The van der Waals surface area contributed by atoms with Crippen LogP contribution in [0, 0.1) is 0 Å². The van der Waals surface area contributed by atoms with E-state index in [-0.39, 0.29) is 24.1 Å². The predicted octanol–water partition coefficient (Wildman–Crippen LogP) is 2.43. The van der Waals surface area contributed by atoms with Crippen LogP contribution in [0.1, 0.15) is 13.8 Å². The summed E-state index contributed by atoms with van der Waals surface area (Å²) in [5.41, 5.74) is 0.426. The van der Waals surface area contributed by atoms with E-state index in [1.165, 1.54) is 4.57 Å². The molecule has 108 valence electrons. The quantitative estimate of drug-likeness (QED) is 0.795. The van der Waals surface area contributed by atoms with Gasteiger partial charge in [0.05, 0.1) is 18.7 Å². The van der Waals surface area contributed by atoms with Crippen LogP contribution in [0.5, 0.6) is 0 Å². The fourth-order valence-corrected chi connectivity index (χ4v) is 3.83. The van der Waals surface area contributed by atoms with E-state index in [0.29, 0.717) is 0 Å². The highest BCUT2D eigenvalue weighted by Gasteiger charge is 2.31. The molecule has 1 heterocycles. The monoisotopic (exact) mass is 295 g/mol. The molecule has 0 spiro atoms. The molecule has 0 unspecified atom stereocenters. The summed E-state index contributed by atoms with van der Waals surface area (Å²) in [5.74, 6) is 0. The molecule has 1 aromatic carbocycles. The molecule has 0 amide bonds. The van der Waals surface area contributed by atoms with Crippen molar-refractivity contribution in [2.75, 3.05) is 13.2 Å². The zero-order valence-corrected chi connectivity index (χ0v) is 12.7. The predicted molar refractivity (Wildman–Crippen MR) is 79.7 cm³/mol. The summed E-state index contributed by atoms with van der Waals surface area (Å²) >= 11 is 0. The van der Waals surface area contributed by atoms with Crippen LogP contribution in [-0.4, -0.2) is 17.8 Å². The number of pyridine rings is 1. The van der Waals surface area contributed by atoms with Gasteiger partial charge in [-0.2, -0.15) is 0 Å². The minimum absolute atomic E-state index is 0.0856. The smallest absolute Gasteiger partial charge is 0.311 e. The molecular weight excluding hydrogens is 277 g/mol. The van der Waals surface area contributed by atoms with Gasteiger partial charge in [-0.3, -0.25) is 9.36 Å². The fraction of sp³-hybridized carbons (Fsp3) is 0.357. The third-order valence-corrected chi connectivity index (χ3v) is 5.11. The zero-order chi connectivity index (χ0) is 14.8. The van der Waals surface area contributed by atoms with Crippen molar-refractivity contribution in [3.05, 3.63) is 40.7 Å². The second kappa shape index (κ2) is 5.92. The molecule has 20 heavy (non-hydrogen) atoms. The van der Waals surface area contributed by atoms with Crippen molar-refractivity contribution in [1.82, 2.24) is 4.57 Å². The standard InChI is InChI=1S/C14H18NO4P/c1-4-18-20(17,19-5-2)13-10-11-8-6-7-9-12(11)15(3)14(13)16/h6-10H,4-5H2,1-3H3. The first-order chi connectivity index (χ1) is 9.53. The summed E-state index contributed by atoms with van der Waals surface area (Å²) in [6, 6.07) is 9.02. The molecule has 5 nitrogen and oxygen atoms in total. The van der Waals surface area contributed by atoms with Crippen LogP contribution in [0.4, 0.5) is 0 Å². The summed E-state index contributed by atoms with van der Waals surface area (Å²) in [7, 11) is -1.92. The molecule has 0 aliphatic rings. The van der Waals surface area contributed by atoms with Crippen molar-refractivity contribution in [3.8, 4) is 0 Å². The van der Waals surface area contributed by atoms with Crippen LogP contribution >= 0.6 is 7.60 Å². The first-order valence-corrected chi connectivity index (χ1v) is 8.06. The highest BCUT2D eigenvalue weighted by atomic mass is 31.2. The van der Waals surface area contributed by atoms with E-state index in [1.807, 2.05) is 24.3 Å². The first-order valence-electron chi connectivity index (χ1n) is 6.52. The average molecular weight is 295 g/mol. The molecule has 6 heteroatoms. The number of nitrogens with zero attached hydrogens (tertiary/aromatic N) is 1.